The number of esters is 1. The minimum atomic E-state index is -0.870. The van der Waals surface area contributed by atoms with Crippen molar-refractivity contribution < 1.29 is 62.4 Å². The van der Waals surface area contributed by atoms with E-state index in [1.54, 1.807) is 0 Å². The van der Waals surface area contributed by atoms with Crippen LogP contribution < -0.4 is 0 Å². The van der Waals surface area contributed by atoms with E-state index < -0.39 is 29.9 Å². The summed E-state index contributed by atoms with van der Waals surface area (Å²) in [4.78, 5) is 11.9. The Morgan fingerprint density at radius 1 is 0.786 bits per heavy atom. The van der Waals surface area contributed by atoms with Crippen molar-refractivity contribution >= 4 is 5.97 Å². The van der Waals surface area contributed by atoms with E-state index in [0.717, 1.165) is 69.8 Å². The maximum absolute atomic E-state index is 11.9. The number of hydrogen-bond acceptors (Lipinski definition) is 13. The first-order valence-electron chi connectivity index (χ1n) is 21.6. The third kappa shape index (κ3) is 9.28. The number of ether oxygens (including phenoxy) is 10. The minimum Gasteiger partial charge on any atom is -0.469 e. The van der Waals surface area contributed by atoms with Crippen molar-refractivity contribution in [2.24, 2.45) is 0 Å². The number of allylic oxidation sites excluding steroid dienone is 1. The van der Waals surface area contributed by atoms with Crippen molar-refractivity contribution in [1.82, 2.24) is 0 Å². The van der Waals surface area contributed by atoms with Crippen molar-refractivity contribution in [3.63, 3.8) is 0 Å². The van der Waals surface area contributed by atoms with Gasteiger partial charge in [-0.2, -0.15) is 0 Å². The summed E-state index contributed by atoms with van der Waals surface area (Å²) in [5.74, 6) is -1.79. The standard InChI is InChI=1S/C43H66O13/c1-24(9-6-7-16-43-22-29(45)40(56-43)36-21-37(55-43)41-30(51-36)15-14-27(50-41)17-39(46)47-5)10-8-11-26-13-12-25(2)31(49-26)19-32-28(44)18-33-34(52-32)20-35-38(53-33)23-48-42(3,4)54-35/h26-38,40-41,44-45H,1-2,6-23H2,3-5H3/t26?,27-,28?,29?,30?,31?,32+,33?,34?,35?,36?,37-,38?,40?,41?,43-/m1/s1. The van der Waals surface area contributed by atoms with E-state index in [0.29, 0.717) is 45.1 Å². The maximum atomic E-state index is 11.9. The molecule has 0 aliphatic carbocycles. The zero-order valence-corrected chi connectivity index (χ0v) is 33.7. The highest BCUT2D eigenvalue weighted by molar-refractivity contribution is 5.69. The first kappa shape index (κ1) is 41.3. The Kier molecular flexibility index (Phi) is 12.7. The van der Waals surface area contributed by atoms with Crippen LogP contribution in [0.4, 0.5) is 0 Å². The zero-order valence-electron chi connectivity index (χ0n) is 33.7. The van der Waals surface area contributed by atoms with Gasteiger partial charge in [0.15, 0.2) is 11.6 Å². The molecule has 12 unspecified atom stereocenters. The number of aliphatic hydroxyl groups excluding tert-OH is 2. The number of methoxy groups -OCH3 is 1. The van der Waals surface area contributed by atoms with Crippen LogP contribution in [0.3, 0.4) is 0 Å². The Morgan fingerprint density at radius 3 is 2.41 bits per heavy atom. The molecule has 0 radical (unpaired) electrons. The predicted molar refractivity (Wildman–Crippen MR) is 201 cm³/mol. The first-order chi connectivity index (χ1) is 26.9. The topological polar surface area (TPSA) is 150 Å². The maximum Gasteiger partial charge on any atom is 0.308 e. The third-order valence-corrected chi connectivity index (χ3v) is 13.6. The van der Waals surface area contributed by atoms with Crippen LogP contribution in [-0.4, -0.2) is 133 Å². The quantitative estimate of drug-likeness (QED) is 0.145. The molecule has 316 valence electrons. The molecule has 8 aliphatic heterocycles. The molecule has 13 nitrogen and oxygen atoms in total. The number of carbonyl (C=O) groups is 1. The molecule has 2 N–H and O–H groups in total. The molecule has 13 heteroatoms. The molecule has 16 atom stereocenters. The van der Waals surface area contributed by atoms with Crippen LogP contribution in [0.25, 0.3) is 0 Å². The summed E-state index contributed by atoms with van der Waals surface area (Å²) in [6.07, 6.45) is 9.13. The predicted octanol–water partition coefficient (Wildman–Crippen LogP) is 5.11. The summed E-state index contributed by atoms with van der Waals surface area (Å²) in [5.41, 5.74) is 2.30. The van der Waals surface area contributed by atoms with Gasteiger partial charge < -0.3 is 57.6 Å². The number of unbranched alkanes of at least 4 members (excludes halogenated alkanes) is 1. The van der Waals surface area contributed by atoms with Crippen LogP contribution in [0.2, 0.25) is 0 Å². The van der Waals surface area contributed by atoms with E-state index >= 15 is 0 Å². The van der Waals surface area contributed by atoms with Gasteiger partial charge in [0.2, 0.25) is 0 Å². The molecule has 4 bridgehead atoms. The lowest BCUT2D eigenvalue weighted by Gasteiger charge is -2.51. The Bertz CT molecular complexity index is 1410. The van der Waals surface area contributed by atoms with Gasteiger partial charge in [-0.15, -0.1) is 0 Å². The molecule has 0 saturated carbocycles. The highest BCUT2D eigenvalue weighted by atomic mass is 16.7. The van der Waals surface area contributed by atoms with Gasteiger partial charge in [0.25, 0.3) is 0 Å². The molecule has 0 aromatic carbocycles. The van der Waals surface area contributed by atoms with Crippen LogP contribution in [0.1, 0.15) is 123 Å². The Labute approximate surface area is 332 Å². The van der Waals surface area contributed by atoms with Crippen LogP contribution in [0.5, 0.6) is 0 Å². The lowest BCUT2D eigenvalue weighted by atomic mass is 9.86. The van der Waals surface area contributed by atoms with Crippen LogP contribution >= 0.6 is 0 Å². The molecular weight excluding hydrogens is 724 g/mol. The SMILES string of the molecule is C=C(CCCC[C@]12CC(O)C(O1)C1C[C@@H](O2)C2O[C@@H](CC(=O)OC)CCC2O1)CCCC1CCC(=C)C(C[C@@H]2OC3CC4OC(C)(C)OCC4OC3CC2O)O1. The van der Waals surface area contributed by atoms with Crippen LogP contribution in [0, 0.1) is 0 Å². The highest BCUT2D eigenvalue weighted by Crippen LogP contribution is 2.48. The molecular formula is C43H66O13. The van der Waals surface area contributed by atoms with Gasteiger partial charge in [0.1, 0.15) is 18.3 Å². The number of carbonyl (C=O) groups excluding carboxylic acids is 1. The van der Waals surface area contributed by atoms with Gasteiger partial charge in [-0.1, -0.05) is 18.7 Å². The fraction of sp³-hybridized carbons (Fsp3) is 0.884. The van der Waals surface area contributed by atoms with E-state index in [4.69, 9.17) is 47.4 Å². The molecule has 0 amide bonds. The summed E-state index contributed by atoms with van der Waals surface area (Å²) < 4.78 is 62.3. The molecule has 0 spiro atoms. The lowest BCUT2D eigenvalue weighted by molar-refractivity contribution is -0.349. The minimum absolute atomic E-state index is 0.0876. The summed E-state index contributed by atoms with van der Waals surface area (Å²) >= 11 is 0. The summed E-state index contributed by atoms with van der Waals surface area (Å²) in [6.45, 7) is 13.1. The largest absolute Gasteiger partial charge is 0.469 e. The van der Waals surface area contributed by atoms with Crippen LogP contribution in [0.15, 0.2) is 24.3 Å². The normalized spacial score (nSPS) is 45.5. The summed E-state index contributed by atoms with van der Waals surface area (Å²) in [6, 6.07) is 0. The monoisotopic (exact) mass is 790 g/mol. The second-order valence-corrected chi connectivity index (χ2v) is 18.3. The second kappa shape index (κ2) is 17.2. The van der Waals surface area contributed by atoms with E-state index in [-0.39, 0.29) is 85.6 Å². The lowest BCUT2D eigenvalue weighted by Crippen LogP contribution is -2.61. The average molecular weight is 791 g/mol. The number of aliphatic hydroxyl groups is 2. The van der Waals surface area contributed by atoms with Crippen molar-refractivity contribution in [1.29, 1.82) is 0 Å². The van der Waals surface area contributed by atoms with E-state index in [1.807, 2.05) is 13.8 Å². The van der Waals surface area contributed by atoms with Gasteiger partial charge in [-0.3, -0.25) is 4.79 Å². The smallest absolute Gasteiger partial charge is 0.308 e. The molecule has 0 aromatic heterocycles. The van der Waals surface area contributed by atoms with Crippen molar-refractivity contribution in [3.8, 4) is 0 Å². The molecule has 8 aliphatic rings. The Balaban J connectivity index is 0.755. The van der Waals surface area contributed by atoms with E-state index in [9.17, 15) is 15.0 Å². The van der Waals surface area contributed by atoms with Gasteiger partial charge >= 0.3 is 5.97 Å². The van der Waals surface area contributed by atoms with Crippen molar-refractivity contribution in [3.05, 3.63) is 24.3 Å². The Morgan fingerprint density at radius 2 is 1.57 bits per heavy atom. The van der Waals surface area contributed by atoms with Gasteiger partial charge in [0.05, 0.1) is 93.4 Å². The molecule has 8 rings (SSSR count). The number of fused-ring (bicyclic) bond motifs is 9. The molecule has 8 fully saturated rings. The summed E-state index contributed by atoms with van der Waals surface area (Å²) in [7, 11) is 1.40. The number of rotatable bonds is 13. The van der Waals surface area contributed by atoms with Crippen molar-refractivity contribution in [2.75, 3.05) is 13.7 Å². The zero-order chi connectivity index (χ0) is 39.2. The van der Waals surface area contributed by atoms with E-state index in [2.05, 4.69) is 13.2 Å². The van der Waals surface area contributed by atoms with Gasteiger partial charge in [0, 0.05) is 38.5 Å². The first-order valence-corrected chi connectivity index (χ1v) is 21.6. The highest BCUT2D eigenvalue weighted by Gasteiger charge is 2.59. The average Bonchev–Trinajstić information content (AvgIpc) is 3.42. The Hall–Kier alpha value is -1.49. The number of hydrogen-bond donors (Lipinski definition) is 2. The molecule has 8 saturated heterocycles. The van der Waals surface area contributed by atoms with Crippen LogP contribution in [-0.2, 0) is 52.2 Å². The summed E-state index contributed by atoms with van der Waals surface area (Å²) in [5, 5.41) is 22.1. The fourth-order valence-electron chi connectivity index (χ4n) is 10.6. The molecule has 8 heterocycles. The van der Waals surface area contributed by atoms with E-state index in [1.165, 1.54) is 12.7 Å². The molecule has 0 aromatic rings. The fourth-order valence-corrected chi connectivity index (χ4v) is 10.6. The second-order valence-electron chi connectivity index (χ2n) is 18.3. The molecule has 56 heavy (non-hydrogen) atoms. The third-order valence-electron chi connectivity index (χ3n) is 13.6. The van der Waals surface area contributed by atoms with Gasteiger partial charge in [-0.25, -0.2) is 0 Å². The van der Waals surface area contributed by atoms with Gasteiger partial charge in [-0.05, 0) is 83.6 Å². The van der Waals surface area contributed by atoms with Crippen molar-refractivity contribution in [2.45, 2.75) is 226 Å².